The van der Waals surface area contributed by atoms with E-state index in [1.54, 1.807) is 0 Å². The molecule has 0 aromatic heterocycles. The van der Waals surface area contributed by atoms with E-state index in [9.17, 15) is 0 Å². The van der Waals surface area contributed by atoms with Gasteiger partial charge in [0.25, 0.3) is 0 Å². The first-order valence-corrected chi connectivity index (χ1v) is 32.4. The molecule has 0 bridgehead atoms. The van der Waals surface area contributed by atoms with Crippen LogP contribution in [-0.2, 0) is 18.3 Å². The van der Waals surface area contributed by atoms with Crippen molar-refractivity contribution in [2.45, 2.75) is 0 Å². The fourth-order valence-electron chi connectivity index (χ4n) is 6.37. The molecule has 0 N–H and O–H groups in total. The minimum absolute atomic E-state index is 0.624. The van der Waals surface area contributed by atoms with Crippen molar-refractivity contribution in [2.24, 2.45) is 0 Å². The van der Waals surface area contributed by atoms with Gasteiger partial charge >= 0.3 is 42.3 Å². The molecule has 0 atom stereocenters. The molecule has 6 aromatic carbocycles. The van der Waals surface area contributed by atoms with Crippen LogP contribution in [0.3, 0.4) is 0 Å². The van der Waals surface area contributed by atoms with Crippen LogP contribution in [0.4, 0.5) is 0 Å². The van der Waals surface area contributed by atoms with E-state index in [4.69, 9.17) is 28.6 Å². The number of hydrogen-bond donors (Lipinski definition) is 0. The first-order chi connectivity index (χ1) is 24.9. The van der Waals surface area contributed by atoms with E-state index in [2.05, 4.69) is 150 Å². The van der Waals surface area contributed by atoms with Gasteiger partial charge in [0.2, 0.25) is 0 Å². The van der Waals surface area contributed by atoms with Crippen molar-refractivity contribution in [3.8, 4) is 0 Å². The molecule has 0 radical (unpaired) electrons. The van der Waals surface area contributed by atoms with Gasteiger partial charge in [-0.25, -0.2) is 0 Å². The second-order valence-corrected chi connectivity index (χ2v) is 32.0. The summed E-state index contributed by atoms with van der Waals surface area (Å²) >= 11 is -2.05. The predicted molar refractivity (Wildman–Crippen MR) is 229 cm³/mol. The van der Waals surface area contributed by atoms with Crippen LogP contribution < -0.4 is 31.8 Å². The standard InChI is InChI=1S/C42H42NOP3.3ClH.Re/c44-47(41-27-15-5-16-28-41,42-29-17-6-18-30-42)36-33-43(31-34-45(37-19-7-1-8-20-37)38-21-9-2-10-22-38)32-35-46(39-23-11-3-12-24-39)40-25-13-4-14-26-40;;;;/h1-30H,31-36H2;3*1H;/q;;;;+3/p-1. The van der Waals surface area contributed by atoms with Crippen molar-refractivity contribution in [2.75, 3.05) is 38.1 Å². The predicted octanol–water partition coefficient (Wildman–Crippen LogP) is 9.10. The van der Waals surface area contributed by atoms with Crippen LogP contribution in [0.25, 0.3) is 0 Å². The molecule has 0 aliphatic heterocycles. The van der Waals surface area contributed by atoms with Crippen LogP contribution in [0.2, 0.25) is 0 Å². The molecule has 0 heterocycles. The van der Waals surface area contributed by atoms with Gasteiger partial charge in [0, 0.05) is 36.4 Å². The van der Waals surface area contributed by atoms with Crippen LogP contribution in [0.1, 0.15) is 0 Å². The van der Waals surface area contributed by atoms with E-state index in [1.807, 2.05) is 36.4 Å². The van der Waals surface area contributed by atoms with Crippen LogP contribution >= 0.6 is 51.6 Å². The van der Waals surface area contributed by atoms with Crippen LogP contribution in [0, 0.1) is 0 Å². The minimum atomic E-state index is -2.83. The SMILES string of the molecule is O=P(CCN(CC[PH+](c1ccccc1)c1ccccc1)CC[PH+](c1ccccc1)c1ccccc1)(c1ccccc1)c1ccccc1.[Cl][Re]([Cl])[Cl]. The molecular formula is C42H44Cl3NOP3Re+2. The molecule has 0 unspecified atom stereocenters. The first-order valence-electron chi connectivity index (χ1n) is 17.0. The summed E-state index contributed by atoms with van der Waals surface area (Å²) in [7, 11) is 10.2. The van der Waals surface area contributed by atoms with E-state index < -0.39 is 36.7 Å². The summed E-state index contributed by atoms with van der Waals surface area (Å²) in [5.74, 6) is 0. The zero-order valence-electron chi connectivity index (χ0n) is 28.4. The Bertz CT molecular complexity index is 1670. The molecule has 6 aromatic rings. The fraction of sp³-hybridized carbons (Fsp3) is 0.143. The Kier molecular flexibility index (Phi) is 17.0. The molecule has 9 heteroatoms. The molecule has 0 amide bonds. The Morgan fingerprint density at radius 2 is 0.686 bits per heavy atom. The summed E-state index contributed by atoms with van der Waals surface area (Å²) in [6.07, 6.45) is 2.81. The van der Waals surface area contributed by atoms with Gasteiger partial charge in [0.05, 0.1) is 49.4 Å². The number of halogens is 3. The molecule has 6 rings (SSSR count). The van der Waals surface area contributed by atoms with Gasteiger partial charge in [0.15, 0.2) is 0 Å². The Morgan fingerprint density at radius 3 is 0.961 bits per heavy atom. The summed E-state index contributed by atoms with van der Waals surface area (Å²) < 4.78 is 15.1. The Hall–Kier alpha value is -2.10. The van der Waals surface area contributed by atoms with E-state index >= 15 is 4.57 Å². The summed E-state index contributed by atoms with van der Waals surface area (Å²) in [6.45, 7) is 2.74. The van der Waals surface area contributed by atoms with E-state index in [-0.39, 0.29) is 0 Å². The molecule has 0 aliphatic rings. The summed E-state index contributed by atoms with van der Waals surface area (Å²) in [6, 6.07) is 64.6. The van der Waals surface area contributed by atoms with Gasteiger partial charge in [-0.05, 0) is 48.5 Å². The molecule has 0 aliphatic carbocycles. The van der Waals surface area contributed by atoms with Gasteiger partial charge in [0.1, 0.15) is 7.14 Å². The number of hydrogen-bond acceptors (Lipinski definition) is 2. The zero-order valence-corrected chi connectivity index (χ0v) is 36.3. The molecule has 264 valence electrons. The van der Waals surface area contributed by atoms with E-state index in [1.165, 1.54) is 21.2 Å². The number of rotatable bonds is 15. The quantitative estimate of drug-likeness (QED) is 0.0959. The number of nitrogens with zero attached hydrogens (tertiary/aromatic N) is 1. The maximum absolute atomic E-state index is 15.1. The maximum atomic E-state index is 15.1. The Balaban J connectivity index is 0.00000120. The second kappa shape index (κ2) is 21.6. The number of benzene rings is 6. The van der Waals surface area contributed by atoms with Crippen molar-refractivity contribution < 1.29 is 18.3 Å². The topological polar surface area (TPSA) is 20.3 Å². The summed E-state index contributed by atoms with van der Waals surface area (Å²) in [5.41, 5.74) is 0. The van der Waals surface area contributed by atoms with Gasteiger partial charge in [-0.1, -0.05) is 133 Å². The van der Waals surface area contributed by atoms with Gasteiger partial charge in [-0.15, -0.1) is 0 Å². The van der Waals surface area contributed by atoms with Crippen molar-refractivity contribution in [1.29, 1.82) is 0 Å². The summed E-state index contributed by atoms with van der Waals surface area (Å²) in [4.78, 5) is 2.63. The van der Waals surface area contributed by atoms with Crippen LogP contribution in [0.15, 0.2) is 182 Å². The Morgan fingerprint density at radius 1 is 0.431 bits per heavy atom. The van der Waals surface area contributed by atoms with Crippen LogP contribution in [-0.4, -0.2) is 43.0 Å². The second-order valence-electron chi connectivity index (χ2n) is 12.1. The molecule has 51 heavy (non-hydrogen) atoms. The third-order valence-electron chi connectivity index (χ3n) is 8.92. The Labute approximate surface area is 324 Å². The third kappa shape index (κ3) is 12.5. The van der Waals surface area contributed by atoms with Crippen LogP contribution in [0.5, 0.6) is 0 Å². The monoisotopic (exact) mass is 963 g/mol. The van der Waals surface area contributed by atoms with Gasteiger partial charge < -0.3 is 4.57 Å². The molecule has 0 saturated heterocycles. The van der Waals surface area contributed by atoms with Crippen molar-refractivity contribution >= 4 is 83.4 Å². The molecule has 0 spiro atoms. The third-order valence-corrected chi connectivity index (χ3v) is 17.6. The molecule has 0 fully saturated rings. The average molecular weight is 964 g/mol. The van der Waals surface area contributed by atoms with Gasteiger partial charge in [-0.3, -0.25) is 4.90 Å². The molecule has 0 saturated carbocycles. The zero-order chi connectivity index (χ0) is 35.7. The first kappa shape index (κ1) is 40.1. The van der Waals surface area contributed by atoms with Gasteiger partial charge in [-0.2, -0.15) is 0 Å². The average Bonchev–Trinajstić information content (AvgIpc) is 3.19. The normalized spacial score (nSPS) is 11.7. The van der Waals surface area contributed by atoms with Crippen molar-refractivity contribution in [1.82, 2.24) is 4.90 Å². The molecular weight excluding hydrogens is 920 g/mol. The molecule has 2 nitrogen and oxygen atoms in total. The van der Waals surface area contributed by atoms with E-state index in [0.717, 1.165) is 42.6 Å². The van der Waals surface area contributed by atoms with E-state index in [0.29, 0.717) is 6.16 Å². The summed E-state index contributed by atoms with van der Waals surface area (Å²) in [5, 5.41) is 7.68. The van der Waals surface area contributed by atoms with Crippen molar-refractivity contribution in [3.05, 3.63) is 182 Å². The van der Waals surface area contributed by atoms with Crippen molar-refractivity contribution in [3.63, 3.8) is 0 Å². The fourth-order valence-corrected chi connectivity index (χ4v) is 14.3.